The van der Waals surface area contributed by atoms with Crippen LogP contribution in [0.4, 0.5) is 0 Å². The van der Waals surface area contributed by atoms with Crippen LogP contribution in [-0.2, 0) is 0 Å². The van der Waals surface area contributed by atoms with Gasteiger partial charge in [0.1, 0.15) is 0 Å². The number of rotatable bonds is 2. The Morgan fingerprint density at radius 1 is 1.00 bits per heavy atom. The molecule has 1 aromatic carbocycles. The molecule has 12 heavy (non-hydrogen) atoms. The first kappa shape index (κ1) is 8.65. The van der Waals surface area contributed by atoms with Crippen LogP contribution in [0.1, 0.15) is 11.1 Å². The molecular formula is C10H12N2. The highest BCUT2D eigenvalue weighted by Gasteiger charge is 1.88. The van der Waals surface area contributed by atoms with Gasteiger partial charge in [0, 0.05) is 26.5 Å². The first-order valence-electron chi connectivity index (χ1n) is 3.81. The van der Waals surface area contributed by atoms with Gasteiger partial charge >= 0.3 is 0 Å². The van der Waals surface area contributed by atoms with Crippen molar-refractivity contribution >= 4 is 12.4 Å². The third-order valence-corrected chi connectivity index (χ3v) is 1.47. The standard InChI is InChI=1S/C10H12N2/c1-11-7-9-4-3-5-10(6-9)8-12-2/h3-8H,1-2H3. The Hall–Kier alpha value is -1.44. The van der Waals surface area contributed by atoms with E-state index in [1.54, 1.807) is 14.1 Å². The Labute approximate surface area is 72.7 Å². The largest absolute Gasteiger partial charge is 0.296 e. The first-order valence-corrected chi connectivity index (χ1v) is 3.81. The van der Waals surface area contributed by atoms with Gasteiger partial charge in [-0.1, -0.05) is 18.2 Å². The van der Waals surface area contributed by atoms with Crippen molar-refractivity contribution in [3.8, 4) is 0 Å². The first-order chi connectivity index (χ1) is 5.86. The van der Waals surface area contributed by atoms with E-state index in [1.807, 2.05) is 36.7 Å². The second kappa shape index (κ2) is 4.44. The normalized spacial score (nSPS) is 11.5. The van der Waals surface area contributed by atoms with Gasteiger partial charge < -0.3 is 0 Å². The van der Waals surface area contributed by atoms with Gasteiger partial charge in [0.05, 0.1) is 0 Å². The van der Waals surface area contributed by atoms with E-state index in [0.717, 1.165) is 11.1 Å². The fraction of sp³-hybridized carbons (Fsp3) is 0.200. The highest BCUT2D eigenvalue weighted by atomic mass is 14.6. The van der Waals surface area contributed by atoms with Crippen molar-refractivity contribution in [2.45, 2.75) is 0 Å². The predicted octanol–water partition coefficient (Wildman–Crippen LogP) is 1.78. The molecule has 0 aliphatic carbocycles. The summed E-state index contributed by atoms with van der Waals surface area (Å²) < 4.78 is 0. The minimum Gasteiger partial charge on any atom is -0.296 e. The second-order valence-corrected chi connectivity index (χ2v) is 2.44. The lowest BCUT2D eigenvalue weighted by molar-refractivity contribution is 1.45. The summed E-state index contributed by atoms with van der Waals surface area (Å²) in [4.78, 5) is 7.88. The van der Waals surface area contributed by atoms with Crippen molar-refractivity contribution < 1.29 is 0 Å². The third kappa shape index (κ3) is 2.31. The van der Waals surface area contributed by atoms with E-state index >= 15 is 0 Å². The maximum atomic E-state index is 3.94. The Bertz CT molecular complexity index is 273. The SMILES string of the molecule is CN=Cc1cccc(C=NC)c1. The Balaban J connectivity index is 2.95. The summed E-state index contributed by atoms with van der Waals surface area (Å²) >= 11 is 0. The fourth-order valence-corrected chi connectivity index (χ4v) is 1.02. The van der Waals surface area contributed by atoms with Crippen molar-refractivity contribution in [2.75, 3.05) is 14.1 Å². The second-order valence-electron chi connectivity index (χ2n) is 2.44. The summed E-state index contributed by atoms with van der Waals surface area (Å²) in [7, 11) is 3.53. The number of hydrogen-bond donors (Lipinski definition) is 0. The lowest BCUT2D eigenvalue weighted by Gasteiger charge is -1.94. The van der Waals surface area contributed by atoms with Crippen LogP contribution in [0, 0.1) is 0 Å². The molecule has 0 spiro atoms. The molecule has 0 amide bonds. The molecule has 0 bridgehead atoms. The lowest BCUT2D eigenvalue weighted by Crippen LogP contribution is -1.85. The summed E-state index contributed by atoms with van der Waals surface area (Å²) in [6, 6.07) is 8.06. The van der Waals surface area contributed by atoms with Crippen molar-refractivity contribution in [3.63, 3.8) is 0 Å². The minimum absolute atomic E-state index is 1.11. The molecule has 0 aliphatic heterocycles. The zero-order valence-corrected chi connectivity index (χ0v) is 7.36. The number of nitrogens with zero attached hydrogens (tertiary/aromatic N) is 2. The molecule has 0 atom stereocenters. The van der Waals surface area contributed by atoms with Crippen LogP contribution in [0.15, 0.2) is 34.3 Å². The van der Waals surface area contributed by atoms with Gasteiger partial charge in [-0.3, -0.25) is 9.98 Å². The average molecular weight is 160 g/mol. The third-order valence-electron chi connectivity index (χ3n) is 1.47. The quantitative estimate of drug-likeness (QED) is 0.589. The topological polar surface area (TPSA) is 24.7 Å². The molecule has 0 radical (unpaired) electrons. The zero-order chi connectivity index (χ0) is 8.81. The van der Waals surface area contributed by atoms with E-state index < -0.39 is 0 Å². The van der Waals surface area contributed by atoms with Gasteiger partial charge in [-0.15, -0.1) is 0 Å². The summed E-state index contributed by atoms with van der Waals surface area (Å²) in [5.74, 6) is 0. The lowest BCUT2D eigenvalue weighted by atomic mass is 10.1. The summed E-state index contributed by atoms with van der Waals surface area (Å²) in [6.45, 7) is 0. The molecule has 2 heteroatoms. The predicted molar refractivity (Wildman–Crippen MR) is 53.5 cm³/mol. The molecule has 0 aromatic heterocycles. The summed E-state index contributed by atoms with van der Waals surface area (Å²) in [5.41, 5.74) is 2.21. The minimum atomic E-state index is 1.11. The Kier molecular flexibility index (Phi) is 3.20. The van der Waals surface area contributed by atoms with Gasteiger partial charge in [0.25, 0.3) is 0 Å². The molecule has 0 aliphatic rings. The van der Waals surface area contributed by atoms with Crippen LogP contribution in [-0.4, -0.2) is 26.5 Å². The van der Waals surface area contributed by atoms with Crippen LogP contribution >= 0.6 is 0 Å². The smallest absolute Gasteiger partial charge is 0.0281 e. The molecule has 62 valence electrons. The van der Waals surface area contributed by atoms with E-state index in [9.17, 15) is 0 Å². The maximum absolute atomic E-state index is 3.94. The van der Waals surface area contributed by atoms with Crippen molar-refractivity contribution in [2.24, 2.45) is 9.98 Å². The molecule has 0 heterocycles. The van der Waals surface area contributed by atoms with Gasteiger partial charge in [0.2, 0.25) is 0 Å². The Morgan fingerprint density at radius 2 is 1.50 bits per heavy atom. The van der Waals surface area contributed by atoms with Crippen LogP contribution in [0.3, 0.4) is 0 Å². The summed E-state index contributed by atoms with van der Waals surface area (Å²) in [6.07, 6.45) is 3.65. The molecule has 1 aromatic rings. The van der Waals surface area contributed by atoms with E-state index in [-0.39, 0.29) is 0 Å². The Morgan fingerprint density at radius 3 is 1.92 bits per heavy atom. The molecule has 2 nitrogen and oxygen atoms in total. The summed E-state index contributed by atoms with van der Waals surface area (Å²) in [5, 5.41) is 0. The number of hydrogen-bond acceptors (Lipinski definition) is 2. The van der Waals surface area contributed by atoms with Gasteiger partial charge in [-0.05, 0) is 17.2 Å². The van der Waals surface area contributed by atoms with Crippen molar-refractivity contribution in [1.29, 1.82) is 0 Å². The van der Waals surface area contributed by atoms with Crippen LogP contribution in [0.2, 0.25) is 0 Å². The maximum Gasteiger partial charge on any atom is 0.0281 e. The van der Waals surface area contributed by atoms with Gasteiger partial charge in [-0.25, -0.2) is 0 Å². The highest BCUT2D eigenvalue weighted by molar-refractivity contribution is 5.85. The van der Waals surface area contributed by atoms with Crippen LogP contribution in [0.5, 0.6) is 0 Å². The average Bonchev–Trinajstić information content (AvgIpc) is 2.06. The van der Waals surface area contributed by atoms with E-state index in [0.29, 0.717) is 0 Å². The molecule has 0 saturated heterocycles. The van der Waals surface area contributed by atoms with E-state index in [2.05, 4.69) is 9.98 Å². The molecule has 0 fully saturated rings. The number of aliphatic imine (C=N–C) groups is 2. The fourth-order valence-electron chi connectivity index (χ4n) is 1.02. The highest BCUT2D eigenvalue weighted by Crippen LogP contribution is 2.00. The van der Waals surface area contributed by atoms with E-state index in [1.165, 1.54) is 0 Å². The van der Waals surface area contributed by atoms with Crippen LogP contribution in [0.25, 0.3) is 0 Å². The molecular weight excluding hydrogens is 148 g/mol. The molecule has 1 rings (SSSR count). The monoisotopic (exact) mass is 160 g/mol. The number of benzene rings is 1. The molecule has 0 N–H and O–H groups in total. The van der Waals surface area contributed by atoms with Crippen LogP contribution < -0.4 is 0 Å². The zero-order valence-electron chi connectivity index (χ0n) is 7.36. The van der Waals surface area contributed by atoms with Gasteiger partial charge in [0.15, 0.2) is 0 Å². The van der Waals surface area contributed by atoms with E-state index in [4.69, 9.17) is 0 Å². The van der Waals surface area contributed by atoms with Gasteiger partial charge in [-0.2, -0.15) is 0 Å². The molecule has 0 saturated carbocycles. The van der Waals surface area contributed by atoms with Crippen molar-refractivity contribution in [3.05, 3.63) is 35.4 Å². The van der Waals surface area contributed by atoms with Crippen molar-refractivity contribution in [1.82, 2.24) is 0 Å². The molecule has 0 unspecified atom stereocenters.